The van der Waals surface area contributed by atoms with Crippen molar-refractivity contribution in [3.05, 3.63) is 36.3 Å². The van der Waals surface area contributed by atoms with Crippen LogP contribution < -0.4 is 10.2 Å². The molecule has 9 nitrogen and oxygen atoms in total. The summed E-state index contributed by atoms with van der Waals surface area (Å²) in [5.41, 5.74) is 2.26. The van der Waals surface area contributed by atoms with Crippen LogP contribution in [0.25, 0.3) is 5.57 Å². The second kappa shape index (κ2) is 10.1. The van der Waals surface area contributed by atoms with E-state index in [1.54, 1.807) is 6.20 Å². The minimum Gasteiger partial charge on any atom is -0.371 e. The van der Waals surface area contributed by atoms with E-state index in [1.807, 2.05) is 12.1 Å². The van der Waals surface area contributed by atoms with Crippen molar-refractivity contribution in [1.82, 2.24) is 25.5 Å². The zero-order chi connectivity index (χ0) is 21.5. The summed E-state index contributed by atoms with van der Waals surface area (Å²) in [6.07, 6.45) is 8.31. The molecule has 0 spiro atoms. The predicted molar refractivity (Wildman–Crippen MR) is 118 cm³/mol. The third kappa shape index (κ3) is 5.20. The van der Waals surface area contributed by atoms with Gasteiger partial charge in [-0.25, -0.2) is 0 Å². The number of tetrazole rings is 1. The number of benzene rings is 1. The van der Waals surface area contributed by atoms with Gasteiger partial charge in [-0.2, -0.15) is 10.5 Å². The molecule has 1 unspecified atom stereocenters. The number of nitrogens with zero attached hydrogens (tertiary/aromatic N) is 6. The molecule has 2 aliphatic heterocycles. The highest BCUT2D eigenvalue weighted by molar-refractivity contribution is 5.80. The van der Waals surface area contributed by atoms with Crippen LogP contribution in [-0.2, 0) is 4.79 Å². The number of hydrogen-bond donors (Lipinski definition) is 2. The minimum atomic E-state index is 0.0840. The number of hydrogen-bond acceptors (Lipinski definition) is 7. The van der Waals surface area contributed by atoms with Crippen LogP contribution in [0.5, 0.6) is 0 Å². The number of allylic oxidation sites excluding steroid dienone is 1. The van der Waals surface area contributed by atoms with Crippen LogP contribution in [0.1, 0.15) is 44.3 Å². The number of piperidine rings is 1. The van der Waals surface area contributed by atoms with Gasteiger partial charge in [-0.15, -0.1) is 10.2 Å². The highest BCUT2D eigenvalue weighted by Crippen LogP contribution is 2.26. The maximum absolute atomic E-state index is 13.1. The van der Waals surface area contributed by atoms with Gasteiger partial charge in [-0.3, -0.25) is 4.79 Å². The van der Waals surface area contributed by atoms with Crippen LogP contribution in [0.3, 0.4) is 0 Å². The van der Waals surface area contributed by atoms with Gasteiger partial charge in [0.25, 0.3) is 0 Å². The van der Waals surface area contributed by atoms with Gasteiger partial charge in [0.15, 0.2) is 0 Å². The average Bonchev–Trinajstić information content (AvgIpc) is 3.21. The molecule has 0 radical (unpaired) electrons. The summed E-state index contributed by atoms with van der Waals surface area (Å²) in [7, 11) is 0. The highest BCUT2D eigenvalue weighted by Gasteiger charge is 2.29. The number of carbonyl (C=O) groups is 1. The molecule has 2 N–H and O–H groups in total. The van der Waals surface area contributed by atoms with Gasteiger partial charge in [0, 0.05) is 43.8 Å². The Bertz CT molecular complexity index is 923. The standard InChI is InChI=1S/C22H28N8O/c23-14-18(21-25-27-28-26-21)15-24-19-7-9-20(10-8-19)30-13-5-6-17(16-30)22(31)29-11-3-1-2-4-12-29/h7-10,15,17,24H,1-6,11-13,16H2,(H,25,26,27,28). The van der Waals surface area contributed by atoms with Gasteiger partial charge >= 0.3 is 0 Å². The van der Waals surface area contributed by atoms with E-state index in [0.717, 1.165) is 63.2 Å². The van der Waals surface area contributed by atoms with Crippen molar-refractivity contribution in [1.29, 1.82) is 5.26 Å². The number of aromatic nitrogens is 4. The van der Waals surface area contributed by atoms with Crippen LogP contribution in [0.15, 0.2) is 30.5 Å². The lowest BCUT2D eigenvalue weighted by Gasteiger charge is -2.36. The van der Waals surface area contributed by atoms with Gasteiger partial charge in [-0.1, -0.05) is 12.8 Å². The molecule has 1 amide bonds. The summed E-state index contributed by atoms with van der Waals surface area (Å²) >= 11 is 0. The van der Waals surface area contributed by atoms with Gasteiger partial charge in [-0.05, 0) is 55.2 Å². The molecule has 1 atom stereocenters. The molecule has 0 aliphatic carbocycles. The summed E-state index contributed by atoms with van der Waals surface area (Å²) in [6, 6.07) is 10.1. The molecule has 2 fully saturated rings. The van der Waals surface area contributed by atoms with Crippen molar-refractivity contribution < 1.29 is 4.79 Å². The first-order valence-electron chi connectivity index (χ1n) is 11.0. The van der Waals surface area contributed by atoms with E-state index in [-0.39, 0.29) is 11.7 Å². The lowest BCUT2D eigenvalue weighted by atomic mass is 9.95. The van der Waals surface area contributed by atoms with Crippen LogP contribution in [-0.4, -0.2) is 57.6 Å². The number of likely N-dealkylation sites (tertiary alicyclic amines) is 1. The summed E-state index contributed by atoms with van der Waals surface area (Å²) in [4.78, 5) is 17.5. The molecule has 0 saturated carbocycles. The maximum atomic E-state index is 13.1. The molecule has 3 heterocycles. The van der Waals surface area contributed by atoms with Gasteiger partial charge < -0.3 is 15.1 Å². The Labute approximate surface area is 182 Å². The summed E-state index contributed by atoms with van der Waals surface area (Å²) in [5, 5.41) is 25.8. The number of nitrogens with one attached hydrogen (secondary N) is 2. The van der Waals surface area contributed by atoms with Crippen molar-refractivity contribution in [2.45, 2.75) is 38.5 Å². The lowest BCUT2D eigenvalue weighted by Crippen LogP contribution is -2.45. The molecule has 2 aliphatic rings. The van der Waals surface area contributed by atoms with Crippen molar-refractivity contribution >= 4 is 22.9 Å². The molecule has 0 bridgehead atoms. The number of carbonyl (C=O) groups excluding carboxylic acids is 1. The van der Waals surface area contributed by atoms with E-state index in [9.17, 15) is 10.1 Å². The van der Waals surface area contributed by atoms with E-state index in [2.05, 4.69) is 53.9 Å². The van der Waals surface area contributed by atoms with Crippen molar-refractivity contribution in [3.8, 4) is 6.07 Å². The number of anilines is 2. The molecule has 4 rings (SSSR count). The summed E-state index contributed by atoms with van der Waals surface area (Å²) in [6.45, 7) is 3.57. The number of nitriles is 1. The normalized spacial score (nSPS) is 20.1. The van der Waals surface area contributed by atoms with Crippen LogP contribution in [0.4, 0.5) is 11.4 Å². The molecule has 1 aromatic heterocycles. The first-order chi connectivity index (χ1) is 15.2. The Hall–Kier alpha value is -3.41. The first-order valence-corrected chi connectivity index (χ1v) is 11.0. The van der Waals surface area contributed by atoms with Crippen molar-refractivity contribution in [2.75, 3.05) is 36.4 Å². The largest absolute Gasteiger partial charge is 0.371 e. The zero-order valence-corrected chi connectivity index (χ0v) is 17.6. The SMILES string of the molecule is N#CC(=CNc1ccc(N2CCCC(C(=O)N3CCCCCC3)C2)cc1)c1nn[nH]n1. The highest BCUT2D eigenvalue weighted by atomic mass is 16.2. The summed E-state index contributed by atoms with van der Waals surface area (Å²) in [5.74, 6) is 0.668. The fraction of sp³-hybridized carbons (Fsp3) is 0.500. The molecule has 31 heavy (non-hydrogen) atoms. The van der Waals surface area contributed by atoms with E-state index >= 15 is 0 Å². The maximum Gasteiger partial charge on any atom is 0.227 e. The summed E-state index contributed by atoms with van der Waals surface area (Å²) < 4.78 is 0. The Morgan fingerprint density at radius 3 is 2.58 bits per heavy atom. The van der Waals surface area contributed by atoms with Gasteiger partial charge in [0.1, 0.15) is 11.6 Å². The number of H-pyrrole nitrogens is 1. The third-order valence-corrected chi connectivity index (χ3v) is 6.01. The first kappa shape index (κ1) is 20.8. The molecular formula is C22H28N8O. The van der Waals surface area contributed by atoms with Gasteiger partial charge in [0.05, 0.1) is 5.92 Å². The lowest BCUT2D eigenvalue weighted by molar-refractivity contribution is -0.135. The molecule has 1 aromatic carbocycles. The van der Waals surface area contributed by atoms with Crippen LogP contribution >= 0.6 is 0 Å². The smallest absolute Gasteiger partial charge is 0.227 e. The second-order valence-corrected chi connectivity index (χ2v) is 8.12. The Morgan fingerprint density at radius 2 is 1.90 bits per heavy atom. The fourth-order valence-electron chi connectivity index (χ4n) is 4.31. The molecule has 162 valence electrons. The quantitative estimate of drug-likeness (QED) is 0.715. The van der Waals surface area contributed by atoms with Crippen LogP contribution in [0.2, 0.25) is 0 Å². The fourth-order valence-corrected chi connectivity index (χ4v) is 4.31. The van der Waals surface area contributed by atoms with Crippen molar-refractivity contribution in [3.63, 3.8) is 0 Å². The van der Waals surface area contributed by atoms with E-state index < -0.39 is 0 Å². The topological polar surface area (TPSA) is 114 Å². The molecule has 9 heteroatoms. The van der Waals surface area contributed by atoms with E-state index in [4.69, 9.17) is 0 Å². The number of rotatable bonds is 5. The molecular weight excluding hydrogens is 392 g/mol. The third-order valence-electron chi connectivity index (χ3n) is 6.01. The molecule has 2 saturated heterocycles. The predicted octanol–water partition coefficient (Wildman–Crippen LogP) is 2.80. The van der Waals surface area contributed by atoms with Crippen LogP contribution in [0, 0.1) is 17.2 Å². The number of amides is 1. The monoisotopic (exact) mass is 420 g/mol. The zero-order valence-electron chi connectivity index (χ0n) is 17.6. The Morgan fingerprint density at radius 1 is 1.13 bits per heavy atom. The molecule has 2 aromatic rings. The van der Waals surface area contributed by atoms with Crippen molar-refractivity contribution in [2.24, 2.45) is 5.92 Å². The van der Waals surface area contributed by atoms with E-state index in [0.29, 0.717) is 11.5 Å². The Kier molecular flexibility index (Phi) is 6.77. The second-order valence-electron chi connectivity index (χ2n) is 8.12. The number of aromatic amines is 1. The van der Waals surface area contributed by atoms with E-state index in [1.165, 1.54) is 12.8 Å². The Balaban J connectivity index is 1.37. The average molecular weight is 421 g/mol. The van der Waals surface area contributed by atoms with Gasteiger partial charge in [0.2, 0.25) is 11.7 Å². The minimum absolute atomic E-state index is 0.0840.